The normalized spacial score (nSPS) is 16.2. The highest BCUT2D eigenvalue weighted by atomic mass is 16.5. The van der Waals surface area contributed by atoms with E-state index in [2.05, 4.69) is 5.32 Å². The van der Waals surface area contributed by atoms with Gasteiger partial charge in [-0.25, -0.2) is 0 Å². The molecule has 1 heterocycles. The van der Waals surface area contributed by atoms with Gasteiger partial charge in [-0.2, -0.15) is 0 Å². The van der Waals surface area contributed by atoms with Crippen molar-refractivity contribution >= 4 is 11.8 Å². The highest BCUT2D eigenvalue weighted by Gasteiger charge is 2.35. The minimum Gasteiger partial charge on any atom is -0.494 e. The first-order valence-electron chi connectivity index (χ1n) is 9.00. The Bertz CT molecular complexity index is 803. The lowest BCUT2D eigenvalue weighted by molar-refractivity contribution is -0.141. The zero-order chi connectivity index (χ0) is 18.5. The highest BCUT2D eigenvalue weighted by Crippen LogP contribution is 2.30. The molecule has 2 aromatic carbocycles. The number of nitrogens with one attached hydrogen (secondary N) is 1. The van der Waals surface area contributed by atoms with Crippen LogP contribution in [0.4, 0.5) is 0 Å². The molecule has 1 aliphatic rings. The molecule has 1 N–H and O–H groups in total. The minimum atomic E-state index is -0.576. The molecule has 5 nitrogen and oxygen atoms in total. The fraction of sp³-hybridized carbons (Fsp3) is 0.333. The third kappa shape index (κ3) is 3.72. The molecule has 0 aliphatic carbocycles. The van der Waals surface area contributed by atoms with E-state index in [1.165, 1.54) is 0 Å². The van der Waals surface area contributed by atoms with Crippen LogP contribution in [0.3, 0.4) is 0 Å². The zero-order valence-corrected chi connectivity index (χ0v) is 15.2. The molecule has 2 amide bonds. The van der Waals surface area contributed by atoms with Crippen molar-refractivity contribution in [2.24, 2.45) is 0 Å². The Kier molecular flexibility index (Phi) is 5.56. The molecular formula is C21H24N2O3. The Hall–Kier alpha value is -2.82. The van der Waals surface area contributed by atoms with Crippen LogP contribution in [-0.4, -0.2) is 29.9 Å². The number of likely N-dealkylation sites (N-methyl/N-ethyl adjacent to an activating group) is 1. The second-order valence-electron chi connectivity index (χ2n) is 6.26. The first kappa shape index (κ1) is 18.0. The predicted molar refractivity (Wildman–Crippen MR) is 99.7 cm³/mol. The van der Waals surface area contributed by atoms with Crippen molar-refractivity contribution in [2.45, 2.75) is 32.9 Å². The quantitative estimate of drug-likeness (QED) is 0.870. The summed E-state index contributed by atoms with van der Waals surface area (Å²) in [5.74, 6) is 0.617. The van der Waals surface area contributed by atoms with Crippen LogP contribution in [0.2, 0.25) is 0 Å². The average molecular weight is 352 g/mol. The Labute approximate surface area is 154 Å². The van der Waals surface area contributed by atoms with Crippen LogP contribution in [0.25, 0.3) is 0 Å². The van der Waals surface area contributed by atoms with Gasteiger partial charge in [0.1, 0.15) is 11.8 Å². The SMILES string of the molecule is CCOc1cccc(CNC(=O)[C@H]2c3ccccc3CC(=O)N2CC)c1. The number of hydrogen-bond acceptors (Lipinski definition) is 3. The third-order valence-corrected chi connectivity index (χ3v) is 4.59. The summed E-state index contributed by atoms with van der Waals surface area (Å²) < 4.78 is 5.50. The molecule has 0 saturated carbocycles. The van der Waals surface area contributed by atoms with Gasteiger partial charge in [-0.3, -0.25) is 9.59 Å². The van der Waals surface area contributed by atoms with Gasteiger partial charge >= 0.3 is 0 Å². The van der Waals surface area contributed by atoms with Crippen LogP contribution < -0.4 is 10.1 Å². The van der Waals surface area contributed by atoms with Gasteiger partial charge in [-0.05, 0) is 42.7 Å². The van der Waals surface area contributed by atoms with Gasteiger partial charge in [-0.15, -0.1) is 0 Å². The summed E-state index contributed by atoms with van der Waals surface area (Å²) in [4.78, 5) is 27.0. The lowest BCUT2D eigenvalue weighted by Crippen LogP contribution is -2.47. The molecule has 0 fully saturated rings. The Morgan fingerprint density at radius 3 is 2.77 bits per heavy atom. The van der Waals surface area contributed by atoms with Crippen LogP contribution in [-0.2, 0) is 22.6 Å². The number of nitrogens with zero attached hydrogens (tertiary/aromatic N) is 1. The zero-order valence-electron chi connectivity index (χ0n) is 15.2. The van der Waals surface area contributed by atoms with Crippen molar-refractivity contribution in [2.75, 3.05) is 13.2 Å². The van der Waals surface area contributed by atoms with E-state index in [4.69, 9.17) is 4.74 Å². The largest absolute Gasteiger partial charge is 0.494 e. The third-order valence-electron chi connectivity index (χ3n) is 4.59. The van der Waals surface area contributed by atoms with Crippen molar-refractivity contribution in [3.63, 3.8) is 0 Å². The molecule has 136 valence electrons. The minimum absolute atomic E-state index is 0.00954. The number of rotatable bonds is 6. The fourth-order valence-corrected chi connectivity index (χ4v) is 3.38. The lowest BCUT2D eigenvalue weighted by Gasteiger charge is -2.35. The average Bonchev–Trinajstić information content (AvgIpc) is 2.65. The van der Waals surface area contributed by atoms with Gasteiger partial charge in [0, 0.05) is 13.1 Å². The fourth-order valence-electron chi connectivity index (χ4n) is 3.38. The van der Waals surface area contributed by atoms with Crippen LogP contribution in [0.15, 0.2) is 48.5 Å². The molecule has 0 spiro atoms. The standard InChI is InChI=1S/C21H24N2O3/c1-3-23-19(24)13-16-9-5-6-11-18(16)20(23)21(25)22-14-15-8-7-10-17(12-15)26-4-2/h5-12,20H,3-4,13-14H2,1-2H3,(H,22,25)/t20-/m1/s1. The molecule has 3 rings (SSSR count). The molecule has 5 heteroatoms. The van der Waals surface area contributed by atoms with Crippen molar-refractivity contribution < 1.29 is 14.3 Å². The van der Waals surface area contributed by atoms with E-state index in [0.29, 0.717) is 26.1 Å². The summed E-state index contributed by atoms with van der Waals surface area (Å²) in [6, 6.07) is 14.8. The number of hydrogen-bond donors (Lipinski definition) is 1. The Balaban J connectivity index is 1.77. The molecule has 1 aliphatic heterocycles. The first-order chi connectivity index (χ1) is 12.6. The van der Waals surface area contributed by atoms with E-state index in [-0.39, 0.29) is 11.8 Å². The topological polar surface area (TPSA) is 58.6 Å². The summed E-state index contributed by atoms with van der Waals surface area (Å²) in [6.45, 7) is 5.33. The highest BCUT2D eigenvalue weighted by molar-refractivity contribution is 5.92. The van der Waals surface area contributed by atoms with E-state index in [0.717, 1.165) is 22.4 Å². The van der Waals surface area contributed by atoms with E-state index >= 15 is 0 Å². The maximum atomic E-state index is 12.9. The number of amides is 2. The smallest absolute Gasteiger partial charge is 0.247 e. The summed E-state index contributed by atoms with van der Waals surface area (Å²) in [5, 5.41) is 2.98. The second-order valence-corrected chi connectivity index (χ2v) is 6.26. The summed E-state index contributed by atoms with van der Waals surface area (Å²) in [5.41, 5.74) is 2.80. The number of carbonyl (C=O) groups is 2. The van der Waals surface area contributed by atoms with Gasteiger partial charge in [0.15, 0.2) is 0 Å². The van der Waals surface area contributed by atoms with Gasteiger partial charge in [0.2, 0.25) is 11.8 Å². The molecule has 2 aromatic rings. The lowest BCUT2D eigenvalue weighted by atomic mass is 9.91. The van der Waals surface area contributed by atoms with Gasteiger partial charge in [0.05, 0.1) is 13.0 Å². The molecule has 0 radical (unpaired) electrons. The van der Waals surface area contributed by atoms with E-state index in [1.54, 1.807) is 4.90 Å². The molecule has 0 saturated heterocycles. The van der Waals surface area contributed by atoms with E-state index in [1.807, 2.05) is 62.4 Å². The van der Waals surface area contributed by atoms with Gasteiger partial charge in [0.25, 0.3) is 0 Å². The maximum absolute atomic E-state index is 12.9. The van der Waals surface area contributed by atoms with Crippen molar-refractivity contribution in [3.8, 4) is 5.75 Å². The van der Waals surface area contributed by atoms with Gasteiger partial charge < -0.3 is 15.0 Å². The Morgan fingerprint density at radius 1 is 1.19 bits per heavy atom. The molecular weight excluding hydrogens is 328 g/mol. The van der Waals surface area contributed by atoms with Crippen LogP contribution in [0.1, 0.15) is 36.6 Å². The van der Waals surface area contributed by atoms with Crippen LogP contribution >= 0.6 is 0 Å². The number of fused-ring (bicyclic) bond motifs is 1. The van der Waals surface area contributed by atoms with Gasteiger partial charge in [-0.1, -0.05) is 36.4 Å². The molecule has 0 bridgehead atoms. The molecule has 1 atom stereocenters. The maximum Gasteiger partial charge on any atom is 0.247 e. The van der Waals surface area contributed by atoms with Crippen LogP contribution in [0.5, 0.6) is 5.75 Å². The Morgan fingerprint density at radius 2 is 2.00 bits per heavy atom. The molecule has 0 aromatic heterocycles. The second kappa shape index (κ2) is 8.04. The van der Waals surface area contributed by atoms with E-state index in [9.17, 15) is 9.59 Å². The van der Waals surface area contributed by atoms with Crippen molar-refractivity contribution in [1.29, 1.82) is 0 Å². The van der Waals surface area contributed by atoms with E-state index < -0.39 is 6.04 Å². The van der Waals surface area contributed by atoms with Crippen LogP contribution in [0, 0.1) is 0 Å². The predicted octanol–water partition coefficient (Wildman–Crippen LogP) is 2.85. The monoisotopic (exact) mass is 352 g/mol. The molecule has 0 unspecified atom stereocenters. The summed E-state index contributed by atoms with van der Waals surface area (Å²) in [7, 11) is 0. The van der Waals surface area contributed by atoms with Crippen molar-refractivity contribution in [1.82, 2.24) is 10.2 Å². The molecule has 26 heavy (non-hydrogen) atoms. The number of carbonyl (C=O) groups excluding carboxylic acids is 2. The van der Waals surface area contributed by atoms with Crippen molar-refractivity contribution in [3.05, 3.63) is 65.2 Å². The number of benzene rings is 2. The first-order valence-corrected chi connectivity index (χ1v) is 9.00. The summed E-state index contributed by atoms with van der Waals surface area (Å²) in [6.07, 6.45) is 0.351. The number of ether oxygens (including phenoxy) is 1. The summed E-state index contributed by atoms with van der Waals surface area (Å²) >= 11 is 0.